The van der Waals surface area contributed by atoms with Crippen molar-refractivity contribution in [2.75, 3.05) is 0 Å². The lowest BCUT2D eigenvalue weighted by Gasteiger charge is -2.08. The summed E-state index contributed by atoms with van der Waals surface area (Å²) in [7, 11) is -3.76. The van der Waals surface area contributed by atoms with Gasteiger partial charge in [-0.25, -0.2) is 18.2 Å². The van der Waals surface area contributed by atoms with Crippen LogP contribution in [0.15, 0.2) is 35.5 Å². The quantitative estimate of drug-likeness (QED) is 0.869. The molecule has 0 aliphatic rings. The summed E-state index contributed by atoms with van der Waals surface area (Å²) in [5.74, 6) is 0. The molecule has 0 spiro atoms. The fourth-order valence-corrected chi connectivity index (χ4v) is 2.42. The largest absolute Gasteiger partial charge is 0.255 e. The minimum Gasteiger partial charge on any atom is -0.223 e. The number of aromatic nitrogens is 2. The smallest absolute Gasteiger partial charge is 0.223 e. The third-order valence-corrected chi connectivity index (χ3v) is 3.24. The number of nitrogens with two attached hydrogens (primary N) is 1. The first-order chi connectivity index (χ1) is 7.88. The molecule has 0 radical (unpaired) electrons. The molecule has 90 valence electrons. The van der Waals surface area contributed by atoms with Crippen LogP contribution in [0.1, 0.15) is 11.1 Å². The lowest BCUT2D eigenvalue weighted by Crippen LogP contribution is -2.17. The van der Waals surface area contributed by atoms with Crippen LogP contribution in [-0.2, 0) is 10.0 Å². The third-order valence-electron chi connectivity index (χ3n) is 2.35. The summed E-state index contributed by atoms with van der Waals surface area (Å²) in [6, 6.07) is 7.10. The van der Waals surface area contributed by atoms with E-state index in [2.05, 4.69) is 5.10 Å². The van der Waals surface area contributed by atoms with Crippen LogP contribution in [-0.4, -0.2) is 18.2 Å². The second-order valence-electron chi connectivity index (χ2n) is 3.97. The van der Waals surface area contributed by atoms with E-state index < -0.39 is 10.0 Å². The van der Waals surface area contributed by atoms with Gasteiger partial charge in [-0.3, -0.25) is 0 Å². The van der Waals surface area contributed by atoms with Crippen molar-refractivity contribution in [3.63, 3.8) is 0 Å². The van der Waals surface area contributed by atoms with Crippen LogP contribution in [0.4, 0.5) is 0 Å². The molecule has 0 bridgehead atoms. The van der Waals surface area contributed by atoms with Gasteiger partial charge in [0.2, 0.25) is 0 Å². The van der Waals surface area contributed by atoms with Crippen molar-refractivity contribution in [3.8, 4) is 5.69 Å². The van der Waals surface area contributed by atoms with E-state index in [-0.39, 0.29) is 5.03 Å². The van der Waals surface area contributed by atoms with Crippen molar-refractivity contribution in [1.82, 2.24) is 9.78 Å². The van der Waals surface area contributed by atoms with E-state index in [0.29, 0.717) is 5.69 Å². The van der Waals surface area contributed by atoms with Crippen molar-refractivity contribution >= 4 is 10.0 Å². The highest BCUT2D eigenvalue weighted by molar-refractivity contribution is 7.89. The average Bonchev–Trinajstić information content (AvgIpc) is 2.63. The normalized spacial score (nSPS) is 11.7. The van der Waals surface area contributed by atoms with Gasteiger partial charge in [-0.1, -0.05) is 6.07 Å². The molecule has 0 saturated carbocycles. The molecule has 0 saturated heterocycles. The van der Waals surface area contributed by atoms with Crippen LogP contribution in [0.3, 0.4) is 0 Å². The third kappa shape index (κ3) is 2.37. The Hall–Kier alpha value is -1.66. The van der Waals surface area contributed by atoms with Crippen molar-refractivity contribution in [2.24, 2.45) is 5.14 Å². The minimum atomic E-state index is -3.76. The van der Waals surface area contributed by atoms with Gasteiger partial charge in [-0.15, -0.1) is 0 Å². The molecule has 0 aliphatic carbocycles. The highest BCUT2D eigenvalue weighted by atomic mass is 32.2. The number of sulfonamides is 1. The maximum absolute atomic E-state index is 11.4. The SMILES string of the molecule is Cc1cc(C)cc(-n2nccc2S(N)(=O)=O)c1. The molecule has 17 heavy (non-hydrogen) atoms. The summed E-state index contributed by atoms with van der Waals surface area (Å²) in [5.41, 5.74) is 2.77. The Morgan fingerprint density at radius 2 is 1.76 bits per heavy atom. The Morgan fingerprint density at radius 1 is 1.18 bits per heavy atom. The Balaban J connectivity index is 2.66. The summed E-state index contributed by atoms with van der Waals surface area (Å²) < 4.78 is 24.1. The number of benzene rings is 1. The molecule has 5 nitrogen and oxygen atoms in total. The first kappa shape index (κ1) is 11.8. The highest BCUT2D eigenvalue weighted by Gasteiger charge is 2.15. The lowest BCUT2D eigenvalue weighted by atomic mass is 10.1. The molecule has 0 atom stereocenters. The zero-order valence-corrected chi connectivity index (χ0v) is 10.4. The van der Waals surface area contributed by atoms with E-state index in [4.69, 9.17) is 5.14 Å². The molecule has 6 heteroatoms. The number of aryl methyl sites for hydroxylation is 2. The van der Waals surface area contributed by atoms with Crippen LogP contribution in [0, 0.1) is 13.8 Å². The lowest BCUT2D eigenvalue weighted by molar-refractivity contribution is 0.587. The molecule has 0 fully saturated rings. The molecule has 0 unspecified atom stereocenters. The molecule has 1 aromatic heterocycles. The topological polar surface area (TPSA) is 78.0 Å². The summed E-state index contributed by atoms with van der Waals surface area (Å²) in [6.07, 6.45) is 1.41. The summed E-state index contributed by atoms with van der Waals surface area (Å²) in [6.45, 7) is 3.88. The van der Waals surface area contributed by atoms with Crippen molar-refractivity contribution in [1.29, 1.82) is 0 Å². The molecule has 2 N–H and O–H groups in total. The van der Waals surface area contributed by atoms with Crippen molar-refractivity contribution < 1.29 is 8.42 Å². The Morgan fingerprint density at radius 3 is 2.29 bits per heavy atom. The summed E-state index contributed by atoms with van der Waals surface area (Å²) >= 11 is 0. The molecule has 2 rings (SSSR count). The number of rotatable bonds is 2. The van der Waals surface area contributed by atoms with E-state index >= 15 is 0 Å². The van der Waals surface area contributed by atoms with E-state index in [0.717, 1.165) is 11.1 Å². The van der Waals surface area contributed by atoms with E-state index in [1.165, 1.54) is 16.9 Å². The fraction of sp³-hybridized carbons (Fsp3) is 0.182. The van der Waals surface area contributed by atoms with Gasteiger partial charge in [0.25, 0.3) is 10.0 Å². The van der Waals surface area contributed by atoms with Gasteiger partial charge < -0.3 is 0 Å². The number of nitrogens with zero attached hydrogens (tertiary/aromatic N) is 2. The molecular formula is C11H13N3O2S. The zero-order chi connectivity index (χ0) is 12.6. The van der Waals surface area contributed by atoms with Gasteiger partial charge in [-0.05, 0) is 43.2 Å². The summed E-state index contributed by atoms with van der Waals surface area (Å²) in [5, 5.41) is 9.11. The maximum Gasteiger partial charge on any atom is 0.255 e. The second-order valence-corrected chi connectivity index (χ2v) is 5.48. The average molecular weight is 251 g/mol. The van der Waals surface area contributed by atoms with Crippen molar-refractivity contribution in [3.05, 3.63) is 41.6 Å². The Kier molecular flexibility index (Phi) is 2.76. The van der Waals surface area contributed by atoms with E-state index in [1.807, 2.05) is 32.0 Å². The van der Waals surface area contributed by atoms with Gasteiger partial charge in [0.1, 0.15) is 0 Å². The van der Waals surface area contributed by atoms with Crippen LogP contribution in [0.2, 0.25) is 0 Å². The number of primary sulfonamides is 1. The predicted molar refractivity (Wildman–Crippen MR) is 64.4 cm³/mol. The maximum atomic E-state index is 11.4. The molecule has 1 heterocycles. The molecule has 0 aliphatic heterocycles. The van der Waals surface area contributed by atoms with Gasteiger partial charge in [0.05, 0.1) is 11.9 Å². The van der Waals surface area contributed by atoms with Gasteiger partial charge in [0, 0.05) is 0 Å². The monoisotopic (exact) mass is 251 g/mol. The Labute approximate surface area is 99.9 Å². The second kappa shape index (κ2) is 3.97. The first-order valence-electron chi connectivity index (χ1n) is 5.03. The van der Waals surface area contributed by atoms with E-state index in [9.17, 15) is 8.42 Å². The number of hydrogen-bond acceptors (Lipinski definition) is 3. The molecule has 0 amide bonds. The van der Waals surface area contributed by atoms with Crippen molar-refractivity contribution in [2.45, 2.75) is 18.9 Å². The molecular weight excluding hydrogens is 238 g/mol. The molecule has 2 aromatic rings. The van der Waals surface area contributed by atoms with Gasteiger partial charge >= 0.3 is 0 Å². The highest BCUT2D eigenvalue weighted by Crippen LogP contribution is 2.17. The van der Waals surface area contributed by atoms with Crippen LogP contribution in [0.25, 0.3) is 5.69 Å². The number of hydrogen-bond donors (Lipinski definition) is 1. The zero-order valence-electron chi connectivity index (χ0n) is 9.58. The molecule has 1 aromatic carbocycles. The van der Waals surface area contributed by atoms with Gasteiger partial charge in [-0.2, -0.15) is 5.10 Å². The van der Waals surface area contributed by atoms with Crippen LogP contribution in [0.5, 0.6) is 0 Å². The Bertz CT molecular complexity index is 639. The fourth-order valence-electron chi connectivity index (χ4n) is 1.77. The minimum absolute atomic E-state index is 0.0116. The van der Waals surface area contributed by atoms with Crippen LogP contribution >= 0.6 is 0 Å². The predicted octanol–water partition coefficient (Wildman–Crippen LogP) is 1.14. The summed E-state index contributed by atoms with van der Waals surface area (Å²) in [4.78, 5) is 0. The first-order valence-corrected chi connectivity index (χ1v) is 6.58. The standard InChI is InChI=1S/C11H13N3O2S/c1-8-5-9(2)7-10(6-8)14-11(3-4-13-14)17(12,15)16/h3-7H,1-2H3,(H2,12,15,16). The van der Waals surface area contributed by atoms with E-state index in [1.54, 1.807) is 0 Å². The van der Waals surface area contributed by atoms with Gasteiger partial charge in [0.15, 0.2) is 5.03 Å². The van der Waals surface area contributed by atoms with Crippen LogP contribution < -0.4 is 5.14 Å².